The molecule has 0 amide bonds. The van der Waals surface area contributed by atoms with E-state index >= 15 is 0 Å². The highest BCUT2D eigenvalue weighted by Crippen LogP contribution is 2.25. The molecule has 1 atom stereocenters. The van der Waals surface area contributed by atoms with Gasteiger partial charge in [-0.05, 0) is 26.0 Å². The molecule has 3 nitrogen and oxygen atoms in total. The first-order valence-corrected chi connectivity index (χ1v) is 4.87. The second kappa shape index (κ2) is 3.26. The Kier molecular flexibility index (Phi) is 2.21. The summed E-state index contributed by atoms with van der Waals surface area (Å²) in [5.74, 6) is 0.912. The molecule has 4 heteroatoms. The summed E-state index contributed by atoms with van der Waals surface area (Å²) in [4.78, 5) is 4.40. The van der Waals surface area contributed by atoms with Crippen LogP contribution in [0.15, 0.2) is 18.3 Å². The molecule has 0 aliphatic rings. The average molecular weight is 210 g/mol. The molecule has 0 aromatic carbocycles. The summed E-state index contributed by atoms with van der Waals surface area (Å²) >= 11 is 6.10. The normalized spacial score (nSPS) is 13.4. The fourth-order valence-electron chi connectivity index (χ4n) is 1.60. The van der Waals surface area contributed by atoms with E-state index in [9.17, 15) is 0 Å². The first-order valence-electron chi connectivity index (χ1n) is 4.50. The van der Waals surface area contributed by atoms with Crippen molar-refractivity contribution in [3.8, 4) is 0 Å². The Balaban J connectivity index is 2.86. The molecule has 0 bridgehead atoms. The van der Waals surface area contributed by atoms with Gasteiger partial charge in [-0.25, -0.2) is 4.98 Å². The third kappa shape index (κ3) is 1.29. The van der Waals surface area contributed by atoms with Crippen molar-refractivity contribution in [1.82, 2.24) is 9.38 Å². The molecule has 0 aliphatic heterocycles. The van der Waals surface area contributed by atoms with Gasteiger partial charge in [-0.15, -0.1) is 0 Å². The highest BCUT2D eigenvalue weighted by Gasteiger charge is 2.13. The summed E-state index contributed by atoms with van der Waals surface area (Å²) < 4.78 is 1.96. The molecule has 0 aliphatic carbocycles. The SMILES string of the molecule is Cc1nc(C(C)N)c2c(Cl)cccn12. The number of fused-ring (bicyclic) bond motifs is 1. The Hall–Kier alpha value is -1.06. The van der Waals surface area contributed by atoms with Crippen LogP contribution < -0.4 is 5.73 Å². The van der Waals surface area contributed by atoms with Gasteiger partial charge in [0, 0.05) is 12.2 Å². The number of rotatable bonds is 1. The molecule has 2 N–H and O–H groups in total. The smallest absolute Gasteiger partial charge is 0.110 e. The summed E-state index contributed by atoms with van der Waals surface area (Å²) in [6, 6.07) is 3.65. The maximum atomic E-state index is 6.10. The lowest BCUT2D eigenvalue weighted by Crippen LogP contribution is -2.06. The number of nitrogens with two attached hydrogens (primary N) is 1. The van der Waals surface area contributed by atoms with Crippen LogP contribution in [0.2, 0.25) is 5.02 Å². The van der Waals surface area contributed by atoms with Crippen LogP contribution in [-0.4, -0.2) is 9.38 Å². The molecule has 0 fully saturated rings. The molecule has 1 unspecified atom stereocenters. The molecule has 0 radical (unpaired) electrons. The minimum Gasteiger partial charge on any atom is -0.323 e. The van der Waals surface area contributed by atoms with Crippen molar-refractivity contribution in [3.63, 3.8) is 0 Å². The van der Waals surface area contributed by atoms with E-state index in [0.29, 0.717) is 5.02 Å². The van der Waals surface area contributed by atoms with Gasteiger partial charge in [0.05, 0.1) is 16.2 Å². The topological polar surface area (TPSA) is 43.3 Å². The van der Waals surface area contributed by atoms with E-state index < -0.39 is 0 Å². The van der Waals surface area contributed by atoms with Crippen LogP contribution in [0.5, 0.6) is 0 Å². The standard InChI is InChI=1S/C10H12ClN3/c1-6(12)9-10-8(11)4-3-5-14(10)7(2)13-9/h3-6H,12H2,1-2H3. The van der Waals surface area contributed by atoms with Crippen molar-refractivity contribution < 1.29 is 0 Å². The zero-order valence-corrected chi connectivity index (χ0v) is 8.92. The first kappa shape index (κ1) is 9.49. The Morgan fingerprint density at radius 3 is 2.93 bits per heavy atom. The summed E-state index contributed by atoms with van der Waals surface area (Å²) in [6.45, 7) is 3.85. The number of aromatic nitrogens is 2. The summed E-state index contributed by atoms with van der Waals surface area (Å²) in [6.07, 6.45) is 1.94. The number of pyridine rings is 1. The van der Waals surface area contributed by atoms with Gasteiger partial charge in [-0.1, -0.05) is 11.6 Å². The zero-order valence-electron chi connectivity index (χ0n) is 8.16. The predicted octanol–water partition coefficient (Wildman–Crippen LogP) is 2.32. The van der Waals surface area contributed by atoms with Gasteiger partial charge in [0.2, 0.25) is 0 Å². The number of imidazole rings is 1. The molecule has 0 spiro atoms. The third-order valence-electron chi connectivity index (χ3n) is 2.25. The molecular formula is C10H12ClN3. The van der Waals surface area contributed by atoms with E-state index in [1.54, 1.807) is 0 Å². The lowest BCUT2D eigenvalue weighted by atomic mass is 10.2. The van der Waals surface area contributed by atoms with Gasteiger partial charge in [-0.2, -0.15) is 0 Å². The van der Waals surface area contributed by atoms with Gasteiger partial charge in [0.1, 0.15) is 5.82 Å². The highest BCUT2D eigenvalue weighted by molar-refractivity contribution is 6.34. The van der Waals surface area contributed by atoms with E-state index in [1.165, 1.54) is 0 Å². The van der Waals surface area contributed by atoms with Crippen LogP contribution >= 0.6 is 11.6 Å². The summed E-state index contributed by atoms with van der Waals surface area (Å²) in [5, 5.41) is 0.695. The van der Waals surface area contributed by atoms with E-state index in [-0.39, 0.29) is 6.04 Å². The maximum absolute atomic E-state index is 6.10. The number of hydrogen-bond donors (Lipinski definition) is 1. The monoisotopic (exact) mass is 209 g/mol. The highest BCUT2D eigenvalue weighted by atomic mass is 35.5. The number of aryl methyl sites for hydroxylation is 1. The second-order valence-electron chi connectivity index (χ2n) is 3.41. The minimum absolute atomic E-state index is 0.0985. The summed E-state index contributed by atoms with van der Waals surface area (Å²) in [7, 11) is 0. The Bertz CT molecular complexity index is 473. The molecule has 2 aromatic rings. The van der Waals surface area contributed by atoms with E-state index in [1.807, 2.05) is 36.6 Å². The quantitative estimate of drug-likeness (QED) is 0.784. The van der Waals surface area contributed by atoms with Crippen molar-refractivity contribution in [1.29, 1.82) is 0 Å². The van der Waals surface area contributed by atoms with Crippen molar-refractivity contribution in [3.05, 3.63) is 34.9 Å². The molecular weight excluding hydrogens is 198 g/mol. The maximum Gasteiger partial charge on any atom is 0.110 e. The molecule has 2 aromatic heterocycles. The number of halogens is 1. The van der Waals surface area contributed by atoms with Crippen LogP contribution in [0.3, 0.4) is 0 Å². The van der Waals surface area contributed by atoms with Gasteiger partial charge >= 0.3 is 0 Å². The van der Waals surface area contributed by atoms with E-state index in [0.717, 1.165) is 17.0 Å². The lowest BCUT2D eigenvalue weighted by molar-refractivity contribution is 0.793. The Morgan fingerprint density at radius 1 is 1.57 bits per heavy atom. The molecule has 2 heterocycles. The van der Waals surface area contributed by atoms with Crippen molar-refractivity contribution in [2.24, 2.45) is 5.73 Å². The number of hydrogen-bond acceptors (Lipinski definition) is 2. The molecule has 74 valence electrons. The predicted molar refractivity (Wildman–Crippen MR) is 57.5 cm³/mol. The average Bonchev–Trinajstić information content (AvgIpc) is 2.46. The van der Waals surface area contributed by atoms with Crippen molar-refractivity contribution in [2.75, 3.05) is 0 Å². The van der Waals surface area contributed by atoms with Crippen LogP contribution in [0, 0.1) is 6.92 Å². The third-order valence-corrected chi connectivity index (χ3v) is 2.55. The van der Waals surface area contributed by atoms with Crippen LogP contribution in [0.25, 0.3) is 5.52 Å². The van der Waals surface area contributed by atoms with Gasteiger partial charge in [-0.3, -0.25) is 0 Å². The van der Waals surface area contributed by atoms with E-state index in [2.05, 4.69) is 4.98 Å². The van der Waals surface area contributed by atoms with Crippen molar-refractivity contribution in [2.45, 2.75) is 19.9 Å². The fourth-order valence-corrected chi connectivity index (χ4v) is 1.86. The lowest BCUT2D eigenvalue weighted by Gasteiger charge is -2.02. The van der Waals surface area contributed by atoms with Crippen molar-refractivity contribution >= 4 is 17.1 Å². The Labute approximate surface area is 87.5 Å². The fraction of sp³-hybridized carbons (Fsp3) is 0.300. The van der Waals surface area contributed by atoms with Gasteiger partial charge in [0.15, 0.2) is 0 Å². The largest absolute Gasteiger partial charge is 0.323 e. The van der Waals surface area contributed by atoms with Crippen LogP contribution in [-0.2, 0) is 0 Å². The van der Waals surface area contributed by atoms with Gasteiger partial charge < -0.3 is 10.1 Å². The molecule has 0 saturated carbocycles. The molecule has 14 heavy (non-hydrogen) atoms. The Morgan fingerprint density at radius 2 is 2.29 bits per heavy atom. The minimum atomic E-state index is -0.0985. The van der Waals surface area contributed by atoms with Gasteiger partial charge in [0.25, 0.3) is 0 Å². The number of nitrogens with zero attached hydrogens (tertiary/aromatic N) is 2. The molecule has 2 rings (SSSR count). The van der Waals surface area contributed by atoms with Crippen LogP contribution in [0.1, 0.15) is 24.5 Å². The first-order chi connectivity index (χ1) is 6.61. The van der Waals surface area contributed by atoms with Crippen LogP contribution in [0.4, 0.5) is 0 Å². The zero-order chi connectivity index (χ0) is 10.3. The molecule has 0 saturated heterocycles. The van der Waals surface area contributed by atoms with E-state index in [4.69, 9.17) is 17.3 Å². The second-order valence-corrected chi connectivity index (χ2v) is 3.81. The summed E-state index contributed by atoms with van der Waals surface area (Å²) in [5.41, 5.74) is 7.60.